The van der Waals surface area contributed by atoms with Gasteiger partial charge in [-0.1, -0.05) is 23.8 Å². The van der Waals surface area contributed by atoms with Gasteiger partial charge in [0.05, 0.1) is 0 Å². The van der Waals surface area contributed by atoms with Gasteiger partial charge < -0.3 is 0 Å². The van der Waals surface area contributed by atoms with Crippen molar-refractivity contribution in [1.82, 2.24) is 4.90 Å². The van der Waals surface area contributed by atoms with Crippen molar-refractivity contribution in [1.29, 1.82) is 0 Å². The van der Waals surface area contributed by atoms with Crippen molar-refractivity contribution in [3.05, 3.63) is 34.9 Å². The van der Waals surface area contributed by atoms with Crippen molar-refractivity contribution in [3.8, 4) is 0 Å². The van der Waals surface area contributed by atoms with E-state index in [1.165, 1.54) is 21.6 Å². The molecule has 1 aromatic carbocycles. The van der Waals surface area contributed by atoms with Gasteiger partial charge in [-0.3, -0.25) is 14.5 Å². The molecule has 1 aromatic rings. The van der Waals surface area contributed by atoms with Gasteiger partial charge in [0.25, 0.3) is 0 Å². The molecule has 0 saturated carbocycles. The summed E-state index contributed by atoms with van der Waals surface area (Å²) < 4.78 is 0. The molecule has 2 amide bonds. The molecule has 1 heterocycles. The molecule has 18 heavy (non-hydrogen) atoms. The maximum absolute atomic E-state index is 11.7. The van der Waals surface area contributed by atoms with Crippen LogP contribution in [0.2, 0.25) is 0 Å². The first kappa shape index (κ1) is 12.8. The summed E-state index contributed by atoms with van der Waals surface area (Å²) in [4.78, 5) is 24.8. The van der Waals surface area contributed by atoms with Gasteiger partial charge in [-0.2, -0.15) is 0 Å². The third-order valence-electron chi connectivity index (χ3n) is 3.49. The second-order valence-corrected chi connectivity index (χ2v) is 4.97. The fourth-order valence-electron chi connectivity index (χ4n) is 2.35. The number of benzene rings is 1. The molecule has 0 aromatic heterocycles. The predicted octanol–water partition coefficient (Wildman–Crippen LogP) is 2.39. The Morgan fingerprint density at radius 3 is 2.44 bits per heavy atom. The highest BCUT2D eigenvalue weighted by molar-refractivity contribution is 5.97. The summed E-state index contributed by atoms with van der Waals surface area (Å²) in [5.74, 6) is -0.0342. The van der Waals surface area contributed by atoms with Crippen LogP contribution in [0.15, 0.2) is 18.2 Å². The van der Waals surface area contributed by atoms with Crippen LogP contribution in [0.25, 0.3) is 0 Å². The van der Waals surface area contributed by atoms with Crippen LogP contribution in [0, 0.1) is 13.8 Å². The zero-order chi connectivity index (χ0) is 13.1. The van der Waals surface area contributed by atoms with Crippen LogP contribution in [0.4, 0.5) is 0 Å². The molecule has 2 rings (SSSR count). The molecule has 0 bridgehead atoms. The Balaban J connectivity index is 2.04. The normalized spacial score (nSPS) is 16.2. The molecule has 1 saturated heterocycles. The van der Waals surface area contributed by atoms with E-state index in [1.54, 1.807) is 0 Å². The Labute approximate surface area is 108 Å². The van der Waals surface area contributed by atoms with E-state index in [4.69, 9.17) is 0 Å². The van der Waals surface area contributed by atoms with Crippen molar-refractivity contribution in [2.45, 2.75) is 39.5 Å². The maximum atomic E-state index is 11.7. The lowest BCUT2D eigenvalue weighted by Crippen LogP contribution is -2.41. The highest BCUT2D eigenvalue weighted by Crippen LogP contribution is 2.15. The number of carbonyl (C=O) groups is 2. The van der Waals surface area contributed by atoms with Crippen molar-refractivity contribution < 1.29 is 9.59 Å². The highest BCUT2D eigenvalue weighted by Gasteiger charge is 2.25. The SMILES string of the molecule is Cc1ccc(C)c(CCN2C(=O)CCCC2=O)c1. The van der Waals surface area contributed by atoms with E-state index in [0.29, 0.717) is 25.8 Å². The molecule has 1 aliphatic rings. The Hall–Kier alpha value is -1.64. The van der Waals surface area contributed by atoms with Crippen LogP contribution < -0.4 is 0 Å². The number of likely N-dealkylation sites (tertiary alicyclic amines) is 1. The molecule has 1 fully saturated rings. The van der Waals surface area contributed by atoms with Crippen molar-refractivity contribution in [2.24, 2.45) is 0 Å². The number of imide groups is 1. The van der Waals surface area contributed by atoms with Crippen LogP contribution in [0.1, 0.15) is 36.0 Å². The molecule has 0 atom stereocenters. The van der Waals surface area contributed by atoms with E-state index < -0.39 is 0 Å². The number of amides is 2. The minimum Gasteiger partial charge on any atom is -0.282 e. The van der Waals surface area contributed by atoms with Gasteiger partial charge in [-0.25, -0.2) is 0 Å². The van der Waals surface area contributed by atoms with Gasteiger partial charge in [0.2, 0.25) is 11.8 Å². The largest absolute Gasteiger partial charge is 0.282 e. The summed E-state index contributed by atoms with van der Waals surface area (Å²) in [5.41, 5.74) is 3.66. The van der Waals surface area contributed by atoms with Crippen LogP contribution >= 0.6 is 0 Å². The van der Waals surface area contributed by atoms with Crippen LogP contribution in [-0.2, 0) is 16.0 Å². The Morgan fingerprint density at radius 2 is 1.78 bits per heavy atom. The zero-order valence-corrected chi connectivity index (χ0v) is 11.0. The maximum Gasteiger partial charge on any atom is 0.229 e. The van der Waals surface area contributed by atoms with E-state index in [2.05, 4.69) is 32.0 Å². The van der Waals surface area contributed by atoms with Crippen molar-refractivity contribution in [2.75, 3.05) is 6.54 Å². The molecular weight excluding hydrogens is 226 g/mol. The number of hydrogen-bond donors (Lipinski definition) is 0. The summed E-state index contributed by atoms with van der Waals surface area (Å²) in [7, 11) is 0. The summed E-state index contributed by atoms with van der Waals surface area (Å²) in [6, 6.07) is 6.30. The molecule has 96 valence electrons. The lowest BCUT2D eigenvalue weighted by Gasteiger charge is -2.25. The number of piperidine rings is 1. The highest BCUT2D eigenvalue weighted by atomic mass is 16.2. The molecule has 0 aliphatic carbocycles. The third-order valence-corrected chi connectivity index (χ3v) is 3.49. The molecule has 0 radical (unpaired) electrons. The predicted molar refractivity (Wildman–Crippen MR) is 70.2 cm³/mol. The molecule has 0 N–H and O–H groups in total. The fraction of sp³-hybridized carbons (Fsp3) is 0.467. The second-order valence-electron chi connectivity index (χ2n) is 4.97. The monoisotopic (exact) mass is 245 g/mol. The van der Waals surface area contributed by atoms with Gasteiger partial charge in [-0.15, -0.1) is 0 Å². The third kappa shape index (κ3) is 2.78. The van der Waals surface area contributed by atoms with E-state index >= 15 is 0 Å². The van der Waals surface area contributed by atoms with Crippen molar-refractivity contribution in [3.63, 3.8) is 0 Å². The average Bonchev–Trinajstić information content (AvgIpc) is 2.33. The first-order chi connectivity index (χ1) is 8.58. The standard InChI is InChI=1S/C15H19NO2/c1-11-6-7-12(2)13(10-11)8-9-16-14(17)4-3-5-15(16)18/h6-7,10H,3-5,8-9H2,1-2H3. The van der Waals surface area contributed by atoms with E-state index in [9.17, 15) is 9.59 Å². The number of nitrogens with zero attached hydrogens (tertiary/aromatic N) is 1. The number of rotatable bonds is 3. The molecule has 1 aliphatic heterocycles. The van der Waals surface area contributed by atoms with Gasteiger partial charge in [0.15, 0.2) is 0 Å². The van der Waals surface area contributed by atoms with E-state index in [1.807, 2.05) is 0 Å². The van der Waals surface area contributed by atoms with Gasteiger partial charge >= 0.3 is 0 Å². The molecular formula is C15H19NO2. The first-order valence-corrected chi connectivity index (χ1v) is 6.47. The summed E-state index contributed by atoms with van der Waals surface area (Å²) in [6.07, 6.45) is 2.49. The second kappa shape index (κ2) is 5.34. The zero-order valence-electron chi connectivity index (χ0n) is 11.0. The number of carbonyl (C=O) groups excluding carboxylic acids is 2. The minimum absolute atomic E-state index is 0.0171. The summed E-state index contributed by atoms with van der Waals surface area (Å²) in [6.45, 7) is 4.64. The molecule has 3 heteroatoms. The smallest absolute Gasteiger partial charge is 0.229 e. The van der Waals surface area contributed by atoms with Gasteiger partial charge in [-0.05, 0) is 37.8 Å². The lowest BCUT2D eigenvalue weighted by molar-refractivity contribution is -0.147. The summed E-state index contributed by atoms with van der Waals surface area (Å²) >= 11 is 0. The quantitative estimate of drug-likeness (QED) is 0.767. The average molecular weight is 245 g/mol. The van der Waals surface area contributed by atoms with Crippen LogP contribution in [0.5, 0.6) is 0 Å². The Kier molecular flexibility index (Phi) is 3.80. The van der Waals surface area contributed by atoms with Gasteiger partial charge in [0, 0.05) is 19.4 Å². The van der Waals surface area contributed by atoms with Gasteiger partial charge in [0.1, 0.15) is 0 Å². The Morgan fingerprint density at radius 1 is 1.11 bits per heavy atom. The minimum atomic E-state index is -0.0171. The van der Waals surface area contributed by atoms with Crippen LogP contribution in [0.3, 0.4) is 0 Å². The first-order valence-electron chi connectivity index (χ1n) is 6.47. The molecule has 0 spiro atoms. The number of aryl methyl sites for hydroxylation is 2. The van der Waals surface area contributed by atoms with Crippen molar-refractivity contribution >= 4 is 11.8 Å². The fourth-order valence-corrected chi connectivity index (χ4v) is 2.35. The number of hydrogen-bond acceptors (Lipinski definition) is 2. The Bertz CT molecular complexity index is 463. The van der Waals surface area contributed by atoms with E-state index in [0.717, 1.165) is 6.42 Å². The molecule has 3 nitrogen and oxygen atoms in total. The topological polar surface area (TPSA) is 37.4 Å². The molecule has 0 unspecified atom stereocenters. The van der Waals surface area contributed by atoms with Crippen LogP contribution in [-0.4, -0.2) is 23.3 Å². The van der Waals surface area contributed by atoms with E-state index in [-0.39, 0.29) is 11.8 Å². The lowest BCUT2D eigenvalue weighted by atomic mass is 10.0. The summed E-state index contributed by atoms with van der Waals surface area (Å²) in [5, 5.41) is 0.